The van der Waals surface area contributed by atoms with Crippen molar-refractivity contribution in [2.45, 2.75) is 12.8 Å². The van der Waals surface area contributed by atoms with Crippen LogP contribution in [-0.2, 0) is 12.8 Å². The summed E-state index contributed by atoms with van der Waals surface area (Å²) in [5.41, 5.74) is 4.21. The summed E-state index contributed by atoms with van der Waals surface area (Å²) in [6, 6.07) is 16.1. The first-order valence-corrected chi connectivity index (χ1v) is 8.27. The van der Waals surface area contributed by atoms with Gasteiger partial charge in [-0.3, -0.25) is 20.5 Å². The molecule has 0 atom stereocenters. The van der Waals surface area contributed by atoms with Crippen molar-refractivity contribution in [1.29, 1.82) is 0 Å². The maximum Gasteiger partial charge on any atom is 0.107 e. The summed E-state index contributed by atoms with van der Waals surface area (Å²) in [7, 11) is 3.05. The molecular weight excluding hydrogens is 340 g/mol. The van der Waals surface area contributed by atoms with E-state index in [-0.39, 0.29) is 0 Å². The lowest BCUT2D eigenvalue weighted by Crippen LogP contribution is -2.22. The van der Waals surface area contributed by atoms with Gasteiger partial charge in [0, 0.05) is 26.9 Å². The molecule has 0 amide bonds. The molecule has 0 aliphatic heterocycles. The van der Waals surface area contributed by atoms with Gasteiger partial charge >= 0.3 is 0 Å². The van der Waals surface area contributed by atoms with E-state index in [1.165, 1.54) is 14.1 Å². The van der Waals surface area contributed by atoms with Crippen molar-refractivity contribution in [3.8, 4) is 11.1 Å². The molecule has 0 aliphatic carbocycles. The molecular formula is C18H20N2O2S2. The summed E-state index contributed by atoms with van der Waals surface area (Å²) in [5, 5.41) is 20.7. The van der Waals surface area contributed by atoms with E-state index in [4.69, 9.17) is 24.4 Å². The van der Waals surface area contributed by atoms with Crippen LogP contribution in [0, 0.1) is 0 Å². The Morgan fingerprint density at radius 3 is 1.50 bits per heavy atom. The number of hydrogen-bond acceptors (Lipinski definition) is 4. The van der Waals surface area contributed by atoms with Crippen LogP contribution in [-0.4, -0.2) is 44.6 Å². The van der Waals surface area contributed by atoms with Crippen LogP contribution in [0.15, 0.2) is 48.5 Å². The number of likely N-dealkylation sites (N-methyl/N-ethyl adjacent to an activating group) is 2. The summed E-state index contributed by atoms with van der Waals surface area (Å²) in [6.07, 6.45) is 1.02. The topological polar surface area (TPSA) is 46.9 Å². The van der Waals surface area contributed by atoms with Crippen LogP contribution in [0.4, 0.5) is 0 Å². The molecule has 2 rings (SSSR count). The fraction of sp³-hybridized carbons (Fsp3) is 0.222. The third kappa shape index (κ3) is 5.07. The van der Waals surface area contributed by atoms with E-state index < -0.39 is 0 Å². The highest BCUT2D eigenvalue weighted by atomic mass is 32.1. The highest BCUT2D eigenvalue weighted by molar-refractivity contribution is 7.80. The molecule has 0 saturated heterocycles. The van der Waals surface area contributed by atoms with Crippen molar-refractivity contribution in [3.63, 3.8) is 0 Å². The van der Waals surface area contributed by atoms with Crippen LogP contribution < -0.4 is 0 Å². The van der Waals surface area contributed by atoms with Crippen LogP contribution in [0.5, 0.6) is 0 Å². The zero-order chi connectivity index (χ0) is 17.7. The van der Waals surface area contributed by atoms with Crippen LogP contribution in [0.2, 0.25) is 0 Å². The molecule has 0 unspecified atom stereocenters. The first kappa shape index (κ1) is 18.5. The molecule has 24 heavy (non-hydrogen) atoms. The molecule has 0 saturated carbocycles. The third-order valence-corrected chi connectivity index (χ3v) is 4.44. The molecule has 0 heterocycles. The summed E-state index contributed by atoms with van der Waals surface area (Å²) in [5.74, 6) is 0. The second kappa shape index (κ2) is 8.30. The zero-order valence-corrected chi connectivity index (χ0v) is 15.3. The Kier molecular flexibility index (Phi) is 6.39. The molecule has 2 N–H and O–H groups in total. The molecule has 126 valence electrons. The van der Waals surface area contributed by atoms with E-state index in [1.54, 1.807) is 0 Å². The van der Waals surface area contributed by atoms with E-state index >= 15 is 0 Å². The van der Waals surface area contributed by atoms with Crippen molar-refractivity contribution in [1.82, 2.24) is 10.1 Å². The summed E-state index contributed by atoms with van der Waals surface area (Å²) >= 11 is 10.3. The van der Waals surface area contributed by atoms with Crippen LogP contribution in [0.3, 0.4) is 0 Å². The standard InChI is InChI=1S/C18H20N2O2S2/c1-19(21)17(23)11-13-5-3-7-15(9-13)16-8-4-6-14(10-16)12-18(24)20(2)22/h3-10,21-22H,11-12H2,1-2H3. The molecule has 0 aliphatic rings. The molecule has 0 aromatic heterocycles. The number of rotatable bonds is 5. The van der Waals surface area contributed by atoms with E-state index in [0.717, 1.165) is 32.4 Å². The molecule has 6 heteroatoms. The SMILES string of the molecule is CN(O)C(=S)Cc1cccc(-c2cccc(CC(=S)N(C)O)c2)c1. The molecule has 0 bridgehead atoms. The molecule has 0 fully saturated rings. The van der Waals surface area contributed by atoms with Crippen molar-refractivity contribution >= 4 is 34.4 Å². The molecule has 2 aromatic carbocycles. The van der Waals surface area contributed by atoms with Gasteiger partial charge in [0.1, 0.15) is 9.98 Å². The average molecular weight is 361 g/mol. The van der Waals surface area contributed by atoms with Crippen molar-refractivity contribution in [2.24, 2.45) is 0 Å². The van der Waals surface area contributed by atoms with Gasteiger partial charge in [0.25, 0.3) is 0 Å². The Morgan fingerprint density at radius 1 is 0.792 bits per heavy atom. The normalized spacial score (nSPS) is 10.3. The minimum absolute atomic E-state index is 0.470. The second-order valence-electron chi connectivity index (χ2n) is 5.59. The Balaban J connectivity index is 2.22. The number of hydroxylamine groups is 4. The highest BCUT2D eigenvalue weighted by Crippen LogP contribution is 2.22. The summed E-state index contributed by atoms with van der Waals surface area (Å²) < 4.78 is 0. The predicted octanol–water partition coefficient (Wildman–Crippen LogP) is 3.74. The minimum Gasteiger partial charge on any atom is -0.288 e. The summed E-state index contributed by atoms with van der Waals surface area (Å²) in [6.45, 7) is 0. The van der Waals surface area contributed by atoms with Gasteiger partial charge in [-0.1, -0.05) is 73.0 Å². The van der Waals surface area contributed by atoms with Crippen molar-refractivity contribution in [3.05, 3.63) is 59.7 Å². The van der Waals surface area contributed by atoms with Gasteiger partial charge in [-0.05, 0) is 22.3 Å². The first-order chi connectivity index (χ1) is 11.4. The monoisotopic (exact) mass is 360 g/mol. The predicted molar refractivity (Wildman–Crippen MR) is 104 cm³/mol. The zero-order valence-electron chi connectivity index (χ0n) is 13.6. The van der Waals surface area contributed by atoms with Gasteiger partial charge in [0.2, 0.25) is 0 Å². The van der Waals surface area contributed by atoms with E-state index in [9.17, 15) is 10.4 Å². The van der Waals surface area contributed by atoms with E-state index in [1.807, 2.05) is 36.4 Å². The Hall–Kier alpha value is -1.86. The number of hydrogen-bond donors (Lipinski definition) is 2. The second-order valence-corrected chi connectivity index (χ2v) is 6.53. The lowest BCUT2D eigenvalue weighted by molar-refractivity contribution is 0.0147. The van der Waals surface area contributed by atoms with E-state index in [2.05, 4.69) is 12.1 Å². The Morgan fingerprint density at radius 2 is 1.17 bits per heavy atom. The molecule has 0 radical (unpaired) electrons. The van der Waals surface area contributed by atoms with Crippen molar-refractivity contribution < 1.29 is 10.4 Å². The maximum atomic E-state index is 9.39. The van der Waals surface area contributed by atoms with Gasteiger partial charge in [-0.25, -0.2) is 0 Å². The van der Waals surface area contributed by atoms with Crippen LogP contribution in [0.25, 0.3) is 11.1 Å². The number of nitrogens with zero attached hydrogens (tertiary/aromatic N) is 2. The first-order valence-electron chi connectivity index (χ1n) is 7.46. The van der Waals surface area contributed by atoms with Gasteiger partial charge < -0.3 is 0 Å². The fourth-order valence-electron chi connectivity index (χ4n) is 2.30. The third-order valence-electron chi connectivity index (χ3n) is 3.62. The minimum atomic E-state index is 0.470. The fourth-order valence-corrected chi connectivity index (χ4v) is 2.63. The van der Waals surface area contributed by atoms with Crippen LogP contribution >= 0.6 is 24.4 Å². The van der Waals surface area contributed by atoms with Gasteiger partial charge in [0.15, 0.2) is 0 Å². The van der Waals surface area contributed by atoms with Gasteiger partial charge in [0.05, 0.1) is 0 Å². The average Bonchev–Trinajstić information content (AvgIpc) is 2.55. The molecule has 0 spiro atoms. The molecule has 4 nitrogen and oxygen atoms in total. The summed E-state index contributed by atoms with van der Waals surface area (Å²) in [4.78, 5) is 0.939. The Labute approximate surface area is 152 Å². The lowest BCUT2D eigenvalue weighted by atomic mass is 9.99. The van der Waals surface area contributed by atoms with Crippen molar-refractivity contribution in [2.75, 3.05) is 14.1 Å². The Bertz CT molecular complexity index is 682. The lowest BCUT2D eigenvalue weighted by Gasteiger charge is -2.13. The quantitative estimate of drug-likeness (QED) is 0.626. The largest absolute Gasteiger partial charge is 0.288 e. The highest BCUT2D eigenvalue weighted by Gasteiger charge is 2.07. The van der Waals surface area contributed by atoms with Crippen LogP contribution in [0.1, 0.15) is 11.1 Å². The number of benzene rings is 2. The van der Waals surface area contributed by atoms with E-state index in [0.29, 0.717) is 22.8 Å². The van der Waals surface area contributed by atoms with Gasteiger partial charge in [-0.2, -0.15) is 0 Å². The number of thiocarbonyl (C=S) groups is 2. The molecule has 2 aromatic rings. The van der Waals surface area contributed by atoms with Gasteiger partial charge in [-0.15, -0.1) is 0 Å². The maximum absolute atomic E-state index is 9.39. The smallest absolute Gasteiger partial charge is 0.107 e.